The Morgan fingerprint density at radius 1 is 0.966 bits per heavy atom. The maximum Gasteiger partial charge on any atom is 0.423 e. The van der Waals surface area contributed by atoms with E-state index in [0.29, 0.717) is 19.6 Å². The van der Waals surface area contributed by atoms with Crippen molar-refractivity contribution in [2.24, 2.45) is 0 Å². The second-order valence-corrected chi connectivity index (χ2v) is 6.47. The highest BCUT2D eigenvalue weighted by molar-refractivity contribution is 5.58. The normalized spacial score (nSPS) is 11.4. The molecule has 0 amide bonds. The maximum atomic E-state index is 13.3. The van der Waals surface area contributed by atoms with Gasteiger partial charge in [-0.25, -0.2) is 4.98 Å². The van der Waals surface area contributed by atoms with Crippen molar-refractivity contribution < 1.29 is 22.6 Å². The van der Waals surface area contributed by atoms with Gasteiger partial charge in [-0.05, 0) is 44.5 Å². The van der Waals surface area contributed by atoms with Gasteiger partial charge in [0.15, 0.2) is 0 Å². The molecule has 2 rings (SSSR count). The highest BCUT2D eigenvalue weighted by Gasteiger charge is 2.36. The highest BCUT2D eigenvalue weighted by Crippen LogP contribution is 2.36. The molecule has 0 saturated carbocycles. The summed E-state index contributed by atoms with van der Waals surface area (Å²) in [5.74, 6) is 0.452. The highest BCUT2D eigenvalue weighted by atomic mass is 19.4. The monoisotopic (exact) mass is 411 g/mol. The Kier molecular flexibility index (Phi) is 8.54. The van der Waals surface area contributed by atoms with Crippen molar-refractivity contribution in [3.63, 3.8) is 0 Å². The predicted molar refractivity (Wildman–Crippen MR) is 107 cm³/mol. The summed E-state index contributed by atoms with van der Waals surface area (Å²) in [6.07, 6.45) is -0.136. The quantitative estimate of drug-likeness (QED) is 0.424. The molecule has 0 aliphatic heterocycles. The topological polar surface area (TPSA) is 47.5 Å². The number of ether oxygens (including phenoxy) is 2. The Labute approximate surface area is 169 Å². The number of nitrogens with zero attached hydrogens (tertiary/aromatic N) is 3. The van der Waals surface area contributed by atoms with Gasteiger partial charge in [0, 0.05) is 18.4 Å². The molecule has 160 valence electrons. The fraction of sp³-hybridized carbons (Fsp3) is 0.524. The van der Waals surface area contributed by atoms with Crippen LogP contribution in [0.4, 0.5) is 24.8 Å². The second-order valence-electron chi connectivity index (χ2n) is 6.47. The van der Waals surface area contributed by atoms with Gasteiger partial charge in [0.1, 0.15) is 11.3 Å². The van der Waals surface area contributed by atoms with Crippen LogP contribution >= 0.6 is 0 Å². The third-order valence-electron chi connectivity index (χ3n) is 4.30. The molecule has 0 aliphatic carbocycles. The SMILES string of the molecule is CCCCCCOc1nc(N(CC)c2ccc(OCC)cc2)ncc1C(F)(F)F. The lowest BCUT2D eigenvalue weighted by Crippen LogP contribution is -2.21. The average Bonchev–Trinajstić information content (AvgIpc) is 2.69. The van der Waals surface area contributed by atoms with Gasteiger partial charge in [0.05, 0.1) is 13.2 Å². The van der Waals surface area contributed by atoms with Gasteiger partial charge >= 0.3 is 6.18 Å². The summed E-state index contributed by atoms with van der Waals surface area (Å²) >= 11 is 0. The summed E-state index contributed by atoms with van der Waals surface area (Å²) in [7, 11) is 0. The molecule has 2 aromatic rings. The molecule has 0 saturated heterocycles. The minimum atomic E-state index is -4.58. The number of anilines is 2. The van der Waals surface area contributed by atoms with E-state index in [4.69, 9.17) is 9.47 Å². The van der Waals surface area contributed by atoms with Gasteiger partial charge in [-0.1, -0.05) is 26.2 Å². The van der Waals surface area contributed by atoms with Gasteiger partial charge in [-0.15, -0.1) is 0 Å². The van der Waals surface area contributed by atoms with E-state index in [1.54, 1.807) is 17.0 Å². The zero-order valence-corrected chi connectivity index (χ0v) is 17.1. The molecular weight excluding hydrogens is 383 g/mol. The minimum absolute atomic E-state index is 0.160. The number of hydrogen-bond acceptors (Lipinski definition) is 5. The van der Waals surface area contributed by atoms with E-state index in [9.17, 15) is 13.2 Å². The zero-order chi connectivity index (χ0) is 21.3. The molecule has 0 aliphatic rings. The van der Waals surface area contributed by atoms with E-state index in [1.165, 1.54) is 0 Å². The van der Waals surface area contributed by atoms with Crippen molar-refractivity contribution in [1.29, 1.82) is 0 Å². The van der Waals surface area contributed by atoms with Gasteiger partial charge in [-0.3, -0.25) is 0 Å². The minimum Gasteiger partial charge on any atom is -0.494 e. The molecule has 0 spiro atoms. The number of rotatable bonds is 11. The van der Waals surface area contributed by atoms with Gasteiger partial charge in [0.25, 0.3) is 0 Å². The fourth-order valence-corrected chi connectivity index (χ4v) is 2.82. The third-order valence-corrected chi connectivity index (χ3v) is 4.30. The first-order chi connectivity index (χ1) is 13.9. The number of aromatic nitrogens is 2. The van der Waals surface area contributed by atoms with Crippen molar-refractivity contribution >= 4 is 11.6 Å². The van der Waals surface area contributed by atoms with Crippen molar-refractivity contribution in [1.82, 2.24) is 9.97 Å². The zero-order valence-electron chi connectivity index (χ0n) is 17.1. The van der Waals surface area contributed by atoms with Crippen LogP contribution < -0.4 is 14.4 Å². The summed E-state index contributed by atoms with van der Waals surface area (Å²) in [4.78, 5) is 9.78. The van der Waals surface area contributed by atoms with Crippen molar-refractivity contribution in [3.05, 3.63) is 36.0 Å². The van der Waals surface area contributed by atoms with E-state index in [0.717, 1.165) is 36.9 Å². The van der Waals surface area contributed by atoms with Gasteiger partial charge < -0.3 is 14.4 Å². The van der Waals surface area contributed by atoms with Crippen LogP contribution in [-0.4, -0.2) is 29.7 Å². The van der Waals surface area contributed by atoms with Crippen LogP contribution in [0, 0.1) is 0 Å². The Bertz CT molecular complexity index is 752. The molecule has 0 fully saturated rings. The Hall–Kier alpha value is -2.51. The number of halogens is 3. The van der Waals surface area contributed by atoms with E-state index < -0.39 is 17.6 Å². The molecule has 5 nitrogen and oxygen atoms in total. The summed E-state index contributed by atoms with van der Waals surface area (Å²) in [6.45, 7) is 7.07. The van der Waals surface area contributed by atoms with Gasteiger partial charge in [-0.2, -0.15) is 18.2 Å². The maximum absolute atomic E-state index is 13.3. The van der Waals surface area contributed by atoms with Crippen molar-refractivity contribution in [2.75, 3.05) is 24.7 Å². The molecule has 0 atom stereocenters. The predicted octanol–water partition coefficient (Wildman–Crippen LogP) is 6.01. The summed E-state index contributed by atoms with van der Waals surface area (Å²) < 4.78 is 50.9. The first-order valence-electron chi connectivity index (χ1n) is 9.98. The van der Waals surface area contributed by atoms with E-state index in [-0.39, 0.29) is 12.6 Å². The number of hydrogen-bond donors (Lipinski definition) is 0. The molecule has 29 heavy (non-hydrogen) atoms. The lowest BCUT2D eigenvalue weighted by atomic mass is 10.2. The van der Waals surface area contributed by atoms with Crippen LogP contribution in [0.5, 0.6) is 11.6 Å². The number of alkyl halides is 3. The summed E-state index contributed by atoms with van der Waals surface area (Å²) in [6, 6.07) is 7.25. The molecule has 8 heteroatoms. The first kappa shape index (κ1) is 22.8. The third kappa shape index (κ3) is 6.51. The average molecular weight is 411 g/mol. The standard InChI is InChI=1S/C21H28F3N3O2/c1-4-7-8-9-14-29-19-18(21(22,23)24)15-25-20(26-19)27(5-2)16-10-12-17(13-11-16)28-6-3/h10-13,15H,4-9,14H2,1-3H3. The fourth-order valence-electron chi connectivity index (χ4n) is 2.82. The Morgan fingerprint density at radius 3 is 2.28 bits per heavy atom. The van der Waals surface area contributed by atoms with Crippen LogP contribution in [-0.2, 0) is 6.18 Å². The van der Waals surface area contributed by atoms with Crippen molar-refractivity contribution in [2.45, 2.75) is 52.6 Å². The number of benzene rings is 1. The summed E-state index contributed by atoms with van der Waals surface area (Å²) in [5, 5.41) is 0. The molecule has 0 N–H and O–H groups in total. The molecule has 0 unspecified atom stereocenters. The molecule has 1 aromatic heterocycles. The van der Waals surface area contributed by atoms with Crippen LogP contribution in [0.1, 0.15) is 52.0 Å². The summed E-state index contributed by atoms with van der Waals surface area (Å²) in [5.41, 5.74) is -0.205. The largest absolute Gasteiger partial charge is 0.494 e. The van der Waals surface area contributed by atoms with Crippen LogP contribution in [0.25, 0.3) is 0 Å². The van der Waals surface area contributed by atoms with Crippen LogP contribution in [0.15, 0.2) is 30.5 Å². The molecule has 0 bridgehead atoms. The molecule has 1 heterocycles. The Balaban J connectivity index is 2.26. The molecule has 1 aromatic carbocycles. The number of unbranched alkanes of at least 4 members (excludes halogenated alkanes) is 3. The first-order valence-corrected chi connectivity index (χ1v) is 9.98. The smallest absolute Gasteiger partial charge is 0.423 e. The van der Waals surface area contributed by atoms with E-state index in [2.05, 4.69) is 16.9 Å². The molecule has 0 radical (unpaired) electrons. The Morgan fingerprint density at radius 2 is 1.69 bits per heavy atom. The van der Waals surface area contributed by atoms with E-state index in [1.807, 2.05) is 26.0 Å². The van der Waals surface area contributed by atoms with Gasteiger partial charge in [0.2, 0.25) is 11.8 Å². The van der Waals surface area contributed by atoms with Crippen LogP contribution in [0.3, 0.4) is 0 Å². The van der Waals surface area contributed by atoms with E-state index >= 15 is 0 Å². The van der Waals surface area contributed by atoms with Crippen molar-refractivity contribution in [3.8, 4) is 11.6 Å². The second kappa shape index (κ2) is 10.9. The van der Waals surface area contributed by atoms with Crippen LogP contribution in [0.2, 0.25) is 0 Å². The molecular formula is C21H28F3N3O2. The lowest BCUT2D eigenvalue weighted by Gasteiger charge is -2.22. The lowest BCUT2D eigenvalue weighted by molar-refractivity contribution is -0.139.